The van der Waals surface area contributed by atoms with Gasteiger partial charge in [-0.15, -0.1) is 11.8 Å². The number of likely N-dealkylation sites (tertiary alicyclic amines) is 1. The molecule has 0 aliphatic carbocycles. The summed E-state index contributed by atoms with van der Waals surface area (Å²) in [5, 5.41) is 2.75. The van der Waals surface area contributed by atoms with Crippen molar-refractivity contribution in [3.05, 3.63) is 60.2 Å². The van der Waals surface area contributed by atoms with Crippen molar-refractivity contribution in [2.75, 3.05) is 31.3 Å². The van der Waals surface area contributed by atoms with Crippen LogP contribution in [0.4, 0.5) is 5.69 Å². The Kier molecular flexibility index (Phi) is 7.30. The molecular formula is C22H24N2O4S. The van der Waals surface area contributed by atoms with Crippen molar-refractivity contribution < 1.29 is 19.1 Å². The second-order valence-corrected chi connectivity index (χ2v) is 7.68. The summed E-state index contributed by atoms with van der Waals surface area (Å²) in [7, 11) is 0. The van der Waals surface area contributed by atoms with Gasteiger partial charge in [0, 0.05) is 24.4 Å². The SMILES string of the molecule is CSc1ccccc1NC(=O)COC(=O)[C@H]1CC(=O)N(CCc2ccccc2)C1. The molecule has 0 saturated carbocycles. The van der Waals surface area contributed by atoms with Gasteiger partial charge in [-0.05, 0) is 30.4 Å². The van der Waals surface area contributed by atoms with Crippen molar-refractivity contribution in [1.29, 1.82) is 0 Å². The molecule has 6 nitrogen and oxygen atoms in total. The first-order valence-corrected chi connectivity index (χ1v) is 10.7. The van der Waals surface area contributed by atoms with Gasteiger partial charge < -0.3 is 15.0 Å². The fourth-order valence-corrected chi connectivity index (χ4v) is 3.80. The Bertz CT molecular complexity index is 872. The van der Waals surface area contributed by atoms with E-state index in [2.05, 4.69) is 5.32 Å². The largest absolute Gasteiger partial charge is 0.455 e. The molecule has 29 heavy (non-hydrogen) atoms. The van der Waals surface area contributed by atoms with Gasteiger partial charge in [0.1, 0.15) is 0 Å². The number of nitrogens with zero attached hydrogens (tertiary/aromatic N) is 1. The van der Waals surface area contributed by atoms with Crippen LogP contribution >= 0.6 is 11.8 Å². The zero-order valence-electron chi connectivity index (χ0n) is 16.3. The van der Waals surface area contributed by atoms with Gasteiger partial charge in [0.25, 0.3) is 5.91 Å². The predicted octanol–water partition coefficient (Wildman–Crippen LogP) is 2.98. The molecule has 0 aromatic heterocycles. The van der Waals surface area contributed by atoms with E-state index in [9.17, 15) is 14.4 Å². The third kappa shape index (κ3) is 5.84. The summed E-state index contributed by atoms with van der Waals surface area (Å²) in [5.41, 5.74) is 1.83. The highest BCUT2D eigenvalue weighted by atomic mass is 32.2. The minimum atomic E-state index is -0.524. The molecule has 0 bridgehead atoms. The Morgan fingerprint density at radius 3 is 2.62 bits per heavy atom. The molecule has 2 amide bonds. The predicted molar refractivity (Wildman–Crippen MR) is 113 cm³/mol. The maximum Gasteiger partial charge on any atom is 0.311 e. The Balaban J connectivity index is 1.44. The fourth-order valence-electron chi connectivity index (χ4n) is 3.24. The normalized spacial score (nSPS) is 16.0. The number of anilines is 1. The Morgan fingerprint density at radius 1 is 1.14 bits per heavy atom. The van der Waals surface area contributed by atoms with Crippen LogP contribution in [-0.4, -0.2) is 48.6 Å². The van der Waals surface area contributed by atoms with E-state index in [1.165, 1.54) is 11.8 Å². The number of carbonyl (C=O) groups excluding carboxylic acids is 3. The number of thioether (sulfide) groups is 1. The zero-order valence-corrected chi connectivity index (χ0v) is 17.1. The summed E-state index contributed by atoms with van der Waals surface area (Å²) in [6.45, 7) is 0.538. The molecule has 1 aliphatic heterocycles. The second-order valence-electron chi connectivity index (χ2n) is 6.83. The standard InChI is InChI=1S/C22H24N2O4S/c1-29-19-10-6-5-9-18(19)23-20(25)15-28-22(27)17-13-21(26)24(14-17)12-11-16-7-3-2-4-8-16/h2-10,17H,11-15H2,1H3,(H,23,25)/t17-/m0/s1. The van der Waals surface area contributed by atoms with Gasteiger partial charge in [-0.25, -0.2) is 0 Å². The van der Waals surface area contributed by atoms with Crippen molar-refractivity contribution in [1.82, 2.24) is 4.90 Å². The minimum absolute atomic E-state index is 0.0544. The van der Waals surface area contributed by atoms with E-state index < -0.39 is 17.8 Å². The highest BCUT2D eigenvalue weighted by Crippen LogP contribution is 2.24. The van der Waals surface area contributed by atoms with Crippen LogP contribution in [0.2, 0.25) is 0 Å². The smallest absolute Gasteiger partial charge is 0.311 e. The summed E-state index contributed by atoms with van der Waals surface area (Å²) in [6.07, 6.45) is 2.79. The van der Waals surface area contributed by atoms with Crippen LogP contribution in [-0.2, 0) is 25.5 Å². The fraction of sp³-hybridized carbons (Fsp3) is 0.318. The molecule has 1 saturated heterocycles. The molecule has 2 aromatic carbocycles. The molecule has 0 radical (unpaired) electrons. The third-order valence-corrected chi connectivity index (χ3v) is 5.58. The second kappa shape index (κ2) is 10.1. The zero-order chi connectivity index (χ0) is 20.6. The van der Waals surface area contributed by atoms with E-state index in [1.54, 1.807) is 11.0 Å². The van der Waals surface area contributed by atoms with E-state index in [0.717, 1.165) is 16.9 Å². The quantitative estimate of drug-likeness (QED) is 0.533. The van der Waals surface area contributed by atoms with E-state index in [0.29, 0.717) is 18.8 Å². The monoisotopic (exact) mass is 412 g/mol. The molecule has 0 spiro atoms. The summed E-state index contributed by atoms with van der Waals surface area (Å²) in [6, 6.07) is 17.3. The molecule has 0 unspecified atom stereocenters. The van der Waals surface area contributed by atoms with Crippen LogP contribution < -0.4 is 5.32 Å². The molecule has 152 valence electrons. The van der Waals surface area contributed by atoms with Crippen LogP contribution in [0.1, 0.15) is 12.0 Å². The van der Waals surface area contributed by atoms with E-state index in [1.807, 2.05) is 54.8 Å². The first-order valence-electron chi connectivity index (χ1n) is 9.48. The molecular weight excluding hydrogens is 388 g/mol. The van der Waals surface area contributed by atoms with E-state index >= 15 is 0 Å². The number of esters is 1. The summed E-state index contributed by atoms with van der Waals surface area (Å²) in [5.74, 6) is -1.48. The number of hydrogen-bond donors (Lipinski definition) is 1. The summed E-state index contributed by atoms with van der Waals surface area (Å²) >= 11 is 1.52. The number of ether oxygens (including phenoxy) is 1. The van der Waals surface area contributed by atoms with Gasteiger partial charge in [-0.3, -0.25) is 14.4 Å². The van der Waals surface area contributed by atoms with Crippen LogP contribution in [0, 0.1) is 5.92 Å². The molecule has 1 atom stereocenters. The third-order valence-electron chi connectivity index (χ3n) is 4.79. The lowest BCUT2D eigenvalue weighted by Crippen LogP contribution is -2.29. The van der Waals surface area contributed by atoms with Gasteiger partial charge in [-0.2, -0.15) is 0 Å². The molecule has 1 N–H and O–H groups in total. The van der Waals surface area contributed by atoms with Crippen molar-refractivity contribution in [2.24, 2.45) is 5.92 Å². The van der Waals surface area contributed by atoms with Crippen molar-refractivity contribution >= 4 is 35.2 Å². The number of rotatable bonds is 8. The van der Waals surface area contributed by atoms with Crippen LogP contribution in [0.3, 0.4) is 0 Å². The Morgan fingerprint density at radius 2 is 1.86 bits per heavy atom. The molecule has 2 aromatic rings. The average Bonchev–Trinajstić information content (AvgIpc) is 3.12. The molecule has 1 fully saturated rings. The highest BCUT2D eigenvalue weighted by molar-refractivity contribution is 7.98. The maximum atomic E-state index is 12.3. The van der Waals surface area contributed by atoms with Gasteiger partial charge in [0.15, 0.2) is 6.61 Å². The number of para-hydroxylation sites is 1. The van der Waals surface area contributed by atoms with Gasteiger partial charge in [0.05, 0.1) is 11.6 Å². The first kappa shape index (κ1) is 20.9. The number of amides is 2. The van der Waals surface area contributed by atoms with Crippen LogP contribution in [0.15, 0.2) is 59.5 Å². The Labute approximate surface area is 174 Å². The lowest BCUT2D eigenvalue weighted by molar-refractivity contribution is -0.151. The maximum absolute atomic E-state index is 12.3. The number of benzene rings is 2. The van der Waals surface area contributed by atoms with Crippen molar-refractivity contribution in [3.63, 3.8) is 0 Å². The van der Waals surface area contributed by atoms with E-state index in [4.69, 9.17) is 4.74 Å². The van der Waals surface area contributed by atoms with Gasteiger partial charge >= 0.3 is 5.97 Å². The highest BCUT2D eigenvalue weighted by Gasteiger charge is 2.35. The lowest BCUT2D eigenvalue weighted by atomic mass is 10.1. The topological polar surface area (TPSA) is 75.7 Å². The minimum Gasteiger partial charge on any atom is -0.455 e. The molecule has 1 heterocycles. The molecule has 7 heteroatoms. The Hall–Kier alpha value is -2.80. The van der Waals surface area contributed by atoms with Crippen molar-refractivity contribution in [3.8, 4) is 0 Å². The lowest BCUT2D eigenvalue weighted by Gasteiger charge is -2.16. The van der Waals surface area contributed by atoms with Gasteiger partial charge in [0.2, 0.25) is 5.91 Å². The number of nitrogens with one attached hydrogen (secondary N) is 1. The van der Waals surface area contributed by atoms with Gasteiger partial charge in [-0.1, -0.05) is 42.5 Å². The van der Waals surface area contributed by atoms with Crippen molar-refractivity contribution in [2.45, 2.75) is 17.7 Å². The molecule has 1 aliphatic rings. The van der Waals surface area contributed by atoms with Crippen LogP contribution in [0.25, 0.3) is 0 Å². The first-order chi connectivity index (χ1) is 14.1. The number of carbonyl (C=O) groups is 3. The average molecular weight is 413 g/mol. The summed E-state index contributed by atoms with van der Waals surface area (Å²) < 4.78 is 5.16. The van der Waals surface area contributed by atoms with E-state index in [-0.39, 0.29) is 18.9 Å². The number of hydrogen-bond acceptors (Lipinski definition) is 5. The van der Waals surface area contributed by atoms with Crippen LogP contribution in [0.5, 0.6) is 0 Å². The molecule has 3 rings (SSSR count). The summed E-state index contributed by atoms with van der Waals surface area (Å²) in [4.78, 5) is 39.2.